The number of hydrogen-bond acceptors (Lipinski definition) is 4. The van der Waals surface area contributed by atoms with E-state index in [1.54, 1.807) is 0 Å². The number of aliphatic hydroxyl groups is 1. The van der Waals surface area contributed by atoms with Crippen molar-refractivity contribution in [3.63, 3.8) is 0 Å². The number of anilines is 1. The van der Waals surface area contributed by atoms with Crippen LogP contribution in [0, 0.1) is 0 Å². The Balaban J connectivity index is 1.28. The van der Waals surface area contributed by atoms with Gasteiger partial charge >= 0.3 is 0 Å². The van der Waals surface area contributed by atoms with E-state index in [2.05, 4.69) is 4.90 Å². The Bertz CT molecular complexity index is 858. The summed E-state index contributed by atoms with van der Waals surface area (Å²) in [6, 6.07) is 19.8. The maximum Gasteiger partial charge on any atom is 0.259 e. The van der Waals surface area contributed by atoms with Crippen LogP contribution in [-0.2, 0) is 9.53 Å². The Morgan fingerprint density at radius 2 is 1.55 bits per heavy atom. The third kappa shape index (κ3) is 3.59. The van der Waals surface area contributed by atoms with Gasteiger partial charge in [-0.3, -0.25) is 4.79 Å². The van der Waals surface area contributed by atoms with Crippen LogP contribution in [0.3, 0.4) is 0 Å². The summed E-state index contributed by atoms with van der Waals surface area (Å²) < 4.78 is 6.53. The highest BCUT2D eigenvalue weighted by atomic mass is 16.5. The van der Waals surface area contributed by atoms with Crippen LogP contribution in [0.15, 0.2) is 60.7 Å². The molecule has 5 nitrogen and oxygen atoms in total. The number of likely N-dealkylation sites (tertiary alicyclic amines) is 1. The molecule has 0 radical (unpaired) electrons. The van der Waals surface area contributed by atoms with E-state index in [1.807, 2.05) is 65.6 Å². The summed E-state index contributed by atoms with van der Waals surface area (Å²) in [5.74, 6) is 0.122. The molecule has 1 saturated carbocycles. The lowest BCUT2D eigenvalue weighted by Crippen LogP contribution is -2.63. The normalized spacial score (nSPS) is 24.0. The van der Waals surface area contributed by atoms with E-state index in [1.165, 1.54) is 0 Å². The molecule has 0 aromatic heterocycles. The summed E-state index contributed by atoms with van der Waals surface area (Å²) >= 11 is 0. The third-order valence-corrected chi connectivity index (χ3v) is 6.65. The van der Waals surface area contributed by atoms with Gasteiger partial charge in [-0.05, 0) is 43.4 Å². The standard InChI is InChI=1S/C24H28N2O3/c27-21(19-7-3-1-4-8-19)17-25-15-13-23(14-16-25)18-26(20-9-5-2-6-10-20)22(28)24(29-23)11-12-24/h1-10,21,27H,11-18H2. The highest BCUT2D eigenvalue weighted by molar-refractivity contribution is 6.02. The minimum Gasteiger partial charge on any atom is -0.387 e. The molecule has 2 spiro atoms. The molecule has 3 aliphatic rings. The van der Waals surface area contributed by atoms with Crippen LogP contribution in [-0.4, -0.2) is 53.3 Å². The first-order valence-corrected chi connectivity index (χ1v) is 10.6. The molecule has 0 bridgehead atoms. The smallest absolute Gasteiger partial charge is 0.259 e. The summed E-state index contributed by atoms with van der Waals surface area (Å²) in [5.41, 5.74) is 1.04. The summed E-state index contributed by atoms with van der Waals surface area (Å²) in [6.45, 7) is 2.99. The number of amides is 1. The van der Waals surface area contributed by atoms with Crippen molar-refractivity contribution < 1.29 is 14.6 Å². The van der Waals surface area contributed by atoms with E-state index >= 15 is 0 Å². The molecule has 1 unspecified atom stereocenters. The fraction of sp³-hybridized carbons (Fsp3) is 0.458. The lowest BCUT2D eigenvalue weighted by atomic mass is 9.87. The molecular formula is C24H28N2O3. The van der Waals surface area contributed by atoms with E-state index in [-0.39, 0.29) is 11.5 Å². The van der Waals surface area contributed by atoms with Gasteiger partial charge in [0.05, 0.1) is 18.2 Å². The van der Waals surface area contributed by atoms with E-state index < -0.39 is 11.7 Å². The van der Waals surface area contributed by atoms with Crippen molar-refractivity contribution in [2.75, 3.05) is 31.1 Å². The number of aliphatic hydroxyl groups excluding tert-OH is 1. The van der Waals surface area contributed by atoms with Crippen LogP contribution < -0.4 is 4.90 Å². The molecular weight excluding hydrogens is 364 g/mol. The number of benzene rings is 2. The van der Waals surface area contributed by atoms with Crippen molar-refractivity contribution in [1.29, 1.82) is 0 Å². The summed E-state index contributed by atoms with van der Waals surface area (Å²) in [7, 11) is 0. The van der Waals surface area contributed by atoms with Crippen LogP contribution in [0.2, 0.25) is 0 Å². The number of carbonyl (C=O) groups excluding carboxylic acids is 1. The van der Waals surface area contributed by atoms with E-state index in [0.717, 1.165) is 50.0 Å². The van der Waals surface area contributed by atoms with Gasteiger partial charge in [0, 0.05) is 25.3 Å². The molecule has 1 atom stereocenters. The van der Waals surface area contributed by atoms with Crippen LogP contribution in [0.4, 0.5) is 5.69 Å². The van der Waals surface area contributed by atoms with Gasteiger partial charge in [-0.15, -0.1) is 0 Å². The number of rotatable bonds is 4. The predicted octanol–water partition coefficient (Wildman–Crippen LogP) is 3.15. The molecule has 2 aromatic carbocycles. The first kappa shape index (κ1) is 18.8. The SMILES string of the molecule is O=C1N(c2ccccc2)CC2(CCN(CC(O)c3ccccc3)CC2)OC12CC2. The van der Waals surface area contributed by atoms with Crippen molar-refractivity contribution >= 4 is 11.6 Å². The van der Waals surface area contributed by atoms with Gasteiger partial charge in [0.2, 0.25) is 0 Å². The molecule has 2 heterocycles. The quantitative estimate of drug-likeness (QED) is 0.869. The monoisotopic (exact) mass is 392 g/mol. The maximum absolute atomic E-state index is 13.1. The van der Waals surface area contributed by atoms with Crippen LogP contribution in [0.5, 0.6) is 0 Å². The molecule has 152 valence electrons. The number of hydrogen-bond donors (Lipinski definition) is 1. The average molecular weight is 392 g/mol. The molecule has 1 N–H and O–H groups in total. The minimum absolute atomic E-state index is 0.122. The van der Waals surface area contributed by atoms with Gasteiger partial charge in [-0.2, -0.15) is 0 Å². The van der Waals surface area contributed by atoms with Crippen LogP contribution in [0.25, 0.3) is 0 Å². The first-order valence-electron chi connectivity index (χ1n) is 10.6. The second-order valence-electron chi connectivity index (χ2n) is 8.73. The van der Waals surface area contributed by atoms with Crippen LogP contribution in [0.1, 0.15) is 37.4 Å². The van der Waals surface area contributed by atoms with E-state index in [0.29, 0.717) is 13.1 Å². The largest absolute Gasteiger partial charge is 0.387 e. The number of para-hydroxylation sites is 1. The molecule has 2 aliphatic heterocycles. The molecule has 2 saturated heterocycles. The molecule has 3 fully saturated rings. The molecule has 1 aliphatic carbocycles. The molecule has 29 heavy (non-hydrogen) atoms. The second kappa shape index (κ2) is 7.24. The number of carbonyl (C=O) groups is 1. The lowest BCUT2D eigenvalue weighted by molar-refractivity contribution is -0.172. The van der Waals surface area contributed by atoms with Crippen molar-refractivity contribution in [1.82, 2.24) is 4.90 Å². The zero-order chi connectivity index (χ0) is 19.9. The average Bonchev–Trinajstić information content (AvgIpc) is 3.54. The minimum atomic E-state index is -0.597. The zero-order valence-electron chi connectivity index (χ0n) is 16.7. The number of β-amino-alcohol motifs (C(OH)–C–C–N with tert-alkyl or cyclic N) is 1. The molecule has 5 rings (SSSR count). The topological polar surface area (TPSA) is 53.0 Å². The van der Waals surface area contributed by atoms with Crippen molar-refractivity contribution in [3.05, 3.63) is 66.2 Å². The van der Waals surface area contributed by atoms with Gasteiger partial charge in [0.1, 0.15) is 5.60 Å². The Morgan fingerprint density at radius 3 is 2.17 bits per heavy atom. The summed E-state index contributed by atoms with van der Waals surface area (Å²) in [5, 5.41) is 10.6. The highest BCUT2D eigenvalue weighted by Crippen LogP contribution is 2.50. The Kier molecular flexibility index (Phi) is 4.69. The fourth-order valence-electron chi connectivity index (χ4n) is 4.77. The summed E-state index contributed by atoms with van der Waals surface area (Å²) in [4.78, 5) is 17.3. The van der Waals surface area contributed by atoms with E-state index in [9.17, 15) is 9.90 Å². The molecule has 1 amide bonds. The van der Waals surface area contributed by atoms with Gasteiger partial charge in [0.25, 0.3) is 5.91 Å². The van der Waals surface area contributed by atoms with Gasteiger partial charge in [0.15, 0.2) is 0 Å². The number of piperidine rings is 1. The predicted molar refractivity (Wildman–Crippen MR) is 112 cm³/mol. The second-order valence-corrected chi connectivity index (χ2v) is 8.73. The first-order chi connectivity index (χ1) is 14.1. The zero-order valence-corrected chi connectivity index (χ0v) is 16.7. The van der Waals surface area contributed by atoms with Crippen LogP contribution >= 0.6 is 0 Å². The summed E-state index contributed by atoms with van der Waals surface area (Å²) in [6.07, 6.45) is 2.94. The Hall–Kier alpha value is -2.21. The number of ether oxygens (including phenoxy) is 1. The van der Waals surface area contributed by atoms with Gasteiger partial charge < -0.3 is 19.6 Å². The van der Waals surface area contributed by atoms with E-state index in [4.69, 9.17) is 4.74 Å². The Labute approximate surface area is 171 Å². The fourth-order valence-corrected chi connectivity index (χ4v) is 4.77. The van der Waals surface area contributed by atoms with Crippen molar-refractivity contribution in [2.45, 2.75) is 43.0 Å². The molecule has 5 heteroatoms. The van der Waals surface area contributed by atoms with Crippen molar-refractivity contribution in [3.8, 4) is 0 Å². The van der Waals surface area contributed by atoms with Crippen molar-refractivity contribution in [2.24, 2.45) is 0 Å². The van der Waals surface area contributed by atoms with Gasteiger partial charge in [-0.1, -0.05) is 48.5 Å². The number of nitrogens with zero attached hydrogens (tertiary/aromatic N) is 2. The molecule has 2 aromatic rings. The lowest BCUT2D eigenvalue weighted by Gasteiger charge is -2.50. The maximum atomic E-state index is 13.1. The Morgan fingerprint density at radius 1 is 0.931 bits per heavy atom. The third-order valence-electron chi connectivity index (χ3n) is 6.65. The highest BCUT2D eigenvalue weighted by Gasteiger charge is 2.62. The van der Waals surface area contributed by atoms with Gasteiger partial charge in [-0.25, -0.2) is 0 Å². The number of morpholine rings is 1.